The van der Waals surface area contributed by atoms with Gasteiger partial charge in [0.1, 0.15) is 17.3 Å². The molecule has 4 aromatic rings. The second-order valence-electron chi connectivity index (χ2n) is 7.25. The molecule has 0 aliphatic carbocycles. The molecule has 0 radical (unpaired) electrons. The Hall–Kier alpha value is -3.95. The van der Waals surface area contributed by atoms with E-state index in [1.54, 1.807) is 27.9 Å². The van der Waals surface area contributed by atoms with Gasteiger partial charge in [0.15, 0.2) is 0 Å². The smallest absolute Gasteiger partial charge is 0.256 e. The van der Waals surface area contributed by atoms with Gasteiger partial charge in [0.05, 0.1) is 36.4 Å². The Bertz CT molecular complexity index is 1210. The van der Waals surface area contributed by atoms with Crippen LogP contribution in [0, 0.1) is 11.6 Å². The van der Waals surface area contributed by atoms with Crippen LogP contribution in [0.4, 0.5) is 8.78 Å². The van der Waals surface area contributed by atoms with Crippen molar-refractivity contribution < 1.29 is 13.6 Å². The molecule has 0 fully saturated rings. The van der Waals surface area contributed by atoms with E-state index < -0.39 is 5.82 Å². The highest BCUT2D eigenvalue weighted by atomic mass is 19.1. The average molecular weight is 437 g/mol. The molecule has 10 heteroatoms. The number of aromatic nitrogens is 6. The Balaban J connectivity index is 1.55. The highest BCUT2D eigenvalue weighted by Gasteiger charge is 2.25. The molecule has 1 atom stereocenters. The number of hydrogen-bond donors (Lipinski definition) is 0. The Labute approximate surface area is 183 Å². The van der Waals surface area contributed by atoms with Crippen molar-refractivity contribution in [2.45, 2.75) is 26.4 Å². The van der Waals surface area contributed by atoms with Gasteiger partial charge in [-0.1, -0.05) is 5.21 Å². The Morgan fingerprint density at radius 2 is 1.75 bits per heavy atom. The van der Waals surface area contributed by atoms with E-state index in [1.165, 1.54) is 47.5 Å². The summed E-state index contributed by atoms with van der Waals surface area (Å²) in [6.07, 6.45) is 4.71. The van der Waals surface area contributed by atoms with Gasteiger partial charge < -0.3 is 4.90 Å². The van der Waals surface area contributed by atoms with Crippen molar-refractivity contribution in [3.05, 3.63) is 78.3 Å². The van der Waals surface area contributed by atoms with Crippen molar-refractivity contribution in [3.63, 3.8) is 0 Å². The van der Waals surface area contributed by atoms with E-state index >= 15 is 0 Å². The molecule has 0 saturated carbocycles. The number of nitrogens with zero attached hydrogens (tertiary/aromatic N) is 7. The zero-order valence-corrected chi connectivity index (χ0v) is 17.6. The monoisotopic (exact) mass is 437 g/mol. The van der Waals surface area contributed by atoms with E-state index in [9.17, 15) is 13.6 Å². The van der Waals surface area contributed by atoms with Gasteiger partial charge in [-0.15, -0.1) is 5.10 Å². The van der Waals surface area contributed by atoms with E-state index in [4.69, 9.17) is 0 Å². The van der Waals surface area contributed by atoms with E-state index in [0.29, 0.717) is 24.5 Å². The fourth-order valence-corrected chi connectivity index (χ4v) is 3.51. The van der Waals surface area contributed by atoms with E-state index in [0.717, 1.165) is 5.56 Å². The Kier molecular flexibility index (Phi) is 6.02. The summed E-state index contributed by atoms with van der Waals surface area (Å²) >= 11 is 0. The number of rotatable bonds is 7. The minimum absolute atomic E-state index is 0.167. The number of amides is 1. The summed E-state index contributed by atoms with van der Waals surface area (Å²) in [5, 5.41) is 16.4. The third kappa shape index (κ3) is 4.39. The molecular formula is C22H21F2N7O. The largest absolute Gasteiger partial charge is 0.334 e. The lowest BCUT2D eigenvalue weighted by Crippen LogP contribution is -2.41. The SMILES string of the molecule is CCN(C(=O)c1cc(F)ccc1-n1nccn1)[C@@H](C)Cn1cc(-c2ccc(F)cc2)nn1. The third-order valence-corrected chi connectivity index (χ3v) is 5.09. The maximum absolute atomic E-state index is 14.0. The molecule has 2 aromatic heterocycles. The predicted molar refractivity (Wildman–Crippen MR) is 113 cm³/mol. The van der Waals surface area contributed by atoms with Crippen LogP contribution >= 0.6 is 0 Å². The molecule has 0 unspecified atom stereocenters. The Morgan fingerprint density at radius 1 is 1.06 bits per heavy atom. The lowest BCUT2D eigenvalue weighted by Gasteiger charge is -2.28. The van der Waals surface area contributed by atoms with Crippen molar-refractivity contribution in [1.82, 2.24) is 34.9 Å². The van der Waals surface area contributed by atoms with Gasteiger partial charge in [0, 0.05) is 18.2 Å². The summed E-state index contributed by atoms with van der Waals surface area (Å²) in [4.78, 5) is 16.3. The zero-order valence-electron chi connectivity index (χ0n) is 17.6. The van der Waals surface area contributed by atoms with Crippen LogP contribution in [-0.4, -0.2) is 53.4 Å². The standard InChI is InChI=1S/C22H21F2N7O/c1-3-30(22(32)19-12-18(24)8-9-21(19)31-25-10-11-26-31)15(2)13-29-14-20(27-28-29)16-4-6-17(23)7-5-16/h4-12,14-15H,3,13H2,1-2H3/t15-/m0/s1. The van der Waals surface area contributed by atoms with E-state index in [-0.39, 0.29) is 23.3 Å². The van der Waals surface area contributed by atoms with Gasteiger partial charge >= 0.3 is 0 Å². The first-order chi connectivity index (χ1) is 15.5. The molecule has 0 aliphatic rings. The molecule has 0 aliphatic heterocycles. The van der Waals surface area contributed by atoms with Crippen LogP contribution in [0.1, 0.15) is 24.2 Å². The first kappa shape index (κ1) is 21.3. The fourth-order valence-electron chi connectivity index (χ4n) is 3.51. The molecule has 4 rings (SSSR count). The van der Waals surface area contributed by atoms with Gasteiger partial charge in [-0.2, -0.15) is 15.0 Å². The maximum atomic E-state index is 14.0. The minimum Gasteiger partial charge on any atom is -0.334 e. The summed E-state index contributed by atoms with van der Waals surface area (Å²) in [7, 11) is 0. The number of halogens is 2. The molecule has 2 aromatic carbocycles. The zero-order chi connectivity index (χ0) is 22.7. The lowest BCUT2D eigenvalue weighted by molar-refractivity contribution is 0.0683. The fraction of sp³-hybridized carbons (Fsp3) is 0.227. The molecule has 1 amide bonds. The molecule has 2 heterocycles. The molecule has 0 N–H and O–H groups in total. The van der Waals surface area contributed by atoms with E-state index in [2.05, 4.69) is 20.5 Å². The van der Waals surface area contributed by atoms with Crippen LogP contribution in [0.25, 0.3) is 16.9 Å². The average Bonchev–Trinajstić information content (AvgIpc) is 3.47. The molecule has 0 bridgehead atoms. The number of hydrogen-bond acceptors (Lipinski definition) is 5. The maximum Gasteiger partial charge on any atom is 0.256 e. The number of carbonyl (C=O) groups excluding carboxylic acids is 1. The molecule has 8 nitrogen and oxygen atoms in total. The molecular weight excluding hydrogens is 416 g/mol. The van der Waals surface area contributed by atoms with Crippen molar-refractivity contribution in [2.24, 2.45) is 0 Å². The summed E-state index contributed by atoms with van der Waals surface area (Å²) in [6.45, 7) is 4.51. The van der Waals surface area contributed by atoms with Crippen LogP contribution in [0.15, 0.2) is 61.1 Å². The highest BCUT2D eigenvalue weighted by molar-refractivity contribution is 5.97. The normalized spacial score (nSPS) is 12.0. The highest BCUT2D eigenvalue weighted by Crippen LogP contribution is 2.20. The quantitative estimate of drug-likeness (QED) is 0.443. The summed E-state index contributed by atoms with van der Waals surface area (Å²) in [5.74, 6) is -1.19. The predicted octanol–water partition coefficient (Wildman–Crippen LogP) is 3.35. The minimum atomic E-state index is -0.520. The third-order valence-electron chi connectivity index (χ3n) is 5.09. The summed E-state index contributed by atoms with van der Waals surface area (Å²) in [5.41, 5.74) is 1.90. The van der Waals surface area contributed by atoms with E-state index in [1.807, 2.05) is 13.8 Å². The van der Waals surface area contributed by atoms with Crippen LogP contribution in [0.2, 0.25) is 0 Å². The van der Waals surface area contributed by atoms with Crippen LogP contribution in [0.3, 0.4) is 0 Å². The first-order valence-electron chi connectivity index (χ1n) is 10.1. The van der Waals surface area contributed by atoms with Gasteiger partial charge in [0.2, 0.25) is 0 Å². The van der Waals surface area contributed by atoms with Gasteiger partial charge in [-0.25, -0.2) is 13.5 Å². The van der Waals surface area contributed by atoms with Gasteiger partial charge in [-0.3, -0.25) is 4.79 Å². The lowest BCUT2D eigenvalue weighted by atomic mass is 10.1. The van der Waals surface area contributed by atoms with Gasteiger partial charge in [-0.05, 0) is 56.3 Å². The topological polar surface area (TPSA) is 81.7 Å². The summed E-state index contributed by atoms with van der Waals surface area (Å²) in [6, 6.07) is 9.65. The number of benzene rings is 2. The second-order valence-corrected chi connectivity index (χ2v) is 7.25. The van der Waals surface area contributed by atoms with Crippen LogP contribution in [0.5, 0.6) is 0 Å². The molecule has 32 heavy (non-hydrogen) atoms. The van der Waals surface area contributed by atoms with Crippen molar-refractivity contribution in [3.8, 4) is 16.9 Å². The molecule has 0 spiro atoms. The summed E-state index contributed by atoms with van der Waals surface area (Å²) < 4.78 is 28.8. The van der Waals surface area contributed by atoms with Crippen LogP contribution in [-0.2, 0) is 6.54 Å². The number of likely N-dealkylation sites (N-methyl/N-ethyl adjacent to an activating group) is 1. The molecule has 164 valence electrons. The van der Waals surface area contributed by atoms with Gasteiger partial charge in [0.25, 0.3) is 5.91 Å². The van der Waals surface area contributed by atoms with Crippen molar-refractivity contribution in [1.29, 1.82) is 0 Å². The van der Waals surface area contributed by atoms with Crippen molar-refractivity contribution >= 4 is 5.91 Å². The van der Waals surface area contributed by atoms with Crippen molar-refractivity contribution in [2.75, 3.05) is 6.54 Å². The molecule has 0 saturated heterocycles. The number of carbonyl (C=O) groups is 1. The Morgan fingerprint density at radius 3 is 2.44 bits per heavy atom. The second kappa shape index (κ2) is 9.04. The van der Waals surface area contributed by atoms with Crippen LogP contribution < -0.4 is 0 Å². The first-order valence-corrected chi connectivity index (χ1v) is 10.1.